The van der Waals surface area contributed by atoms with Crippen molar-refractivity contribution in [2.75, 3.05) is 24.2 Å². The van der Waals surface area contributed by atoms with Gasteiger partial charge in [-0.1, -0.05) is 48.0 Å². The first-order chi connectivity index (χ1) is 12.3. The van der Waals surface area contributed by atoms with Crippen LogP contribution < -0.4 is 4.90 Å². The van der Waals surface area contributed by atoms with Crippen molar-refractivity contribution in [1.82, 2.24) is 4.31 Å². The van der Waals surface area contributed by atoms with Crippen molar-refractivity contribution in [3.05, 3.63) is 65.2 Å². The van der Waals surface area contributed by atoms with Crippen LogP contribution in [0.2, 0.25) is 0 Å². The Morgan fingerprint density at radius 1 is 1.15 bits per heavy atom. The zero-order valence-corrected chi connectivity index (χ0v) is 16.0. The molecule has 0 fully saturated rings. The number of sulfonamides is 1. The molecule has 0 aliphatic carbocycles. The van der Waals surface area contributed by atoms with Crippen molar-refractivity contribution in [2.24, 2.45) is 0 Å². The number of fused-ring (bicyclic) bond motifs is 1. The van der Waals surface area contributed by atoms with E-state index >= 15 is 0 Å². The van der Waals surface area contributed by atoms with Crippen LogP contribution in [0.25, 0.3) is 0 Å². The summed E-state index contributed by atoms with van der Waals surface area (Å²) in [5.74, 6) is -0.0344. The van der Waals surface area contributed by atoms with Gasteiger partial charge in [-0.2, -0.15) is 4.31 Å². The third-order valence-electron chi connectivity index (χ3n) is 4.67. The summed E-state index contributed by atoms with van der Waals surface area (Å²) >= 11 is 0. The van der Waals surface area contributed by atoms with Crippen molar-refractivity contribution in [1.29, 1.82) is 0 Å². The van der Waals surface area contributed by atoms with Crippen molar-refractivity contribution in [2.45, 2.75) is 26.3 Å². The number of anilines is 1. The molecule has 0 N–H and O–H groups in total. The summed E-state index contributed by atoms with van der Waals surface area (Å²) in [6, 6.07) is 15.6. The smallest absolute Gasteiger partial charge is 0.228 e. The molecule has 0 radical (unpaired) electrons. The molecule has 0 unspecified atom stereocenters. The molecule has 0 bridgehead atoms. The van der Waals surface area contributed by atoms with E-state index in [2.05, 4.69) is 0 Å². The number of nitrogens with zero attached hydrogens (tertiary/aromatic N) is 2. The molecule has 2 aromatic carbocycles. The Morgan fingerprint density at radius 2 is 1.92 bits per heavy atom. The summed E-state index contributed by atoms with van der Waals surface area (Å²) in [4.78, 5) is 14.4. The third-order valence-corrected chi connectivity index (χ3v) is 5.92. The van der Waals surface area contributed by atoms with Crippen LogP contribution in [0.5, 0.6) is 0 Å². The minimum atomic E-state index is -3.39. The lowest BCUT2D eigenvalue weighted by atomic mass is 10.1. The van der Waals surface area contributed by atoms with Crippen molar-refractivity contribution in [3.8, 4) is 0 Å². The van der Waals surface area contributed by atoms with Crippen LogP contribution in [-0.4, -0.2) is 38.0 Å². The number of para-hydroxylation sites is 1. The molecule has 138 valence electrons. The van der Waals surface area contributed by atoms with E-state index in [1.807, 2.05) is 55.5 Å². The Kier molecular flexibility index (Phi) is 5.44. The van der Waals surface area contributed by atoms with Gasteiger partial charge in [0.25, 0.3) is 0 Å². The van der Waals surface area contributed by atoms with E-state index in [9.17, 15) is 13.2 Å². The Bertz CT molecular complexity index is 909. The summed E-state index contributed by atoms with van der Waals surface area (Å²) < 4.78 is 25.7. The van der Waals surface area contributed by atoms with Crippen LogP contribution in [0.15, 0.2) is 48.5 Å². The van der Waals surface area contributed by atoms with Gasteiger partial charge in [0, 0.05) is 31.7 Å². The molecular formula is C20H24N2O3S. The maximum Gasteiger partial charge on any atom is 0.228 e. The molecule has 1 aliphatic rings. The molecule has 2 aromatic rings. The quantitative estimate of drug-likeness (QED) is 0.783. The van der Waals surface area contributed by atoms with Gasteiger partial charge in [0.1, 0.15) is 0 Å². The molecule has 0 spiro atoms. The molecule has 0 saturated carbocycles. The molecule has 0 saturated heterocycles. The van der Waals surface area contributed by atoms with Crippen LogP contribution in [0.3, 0.4) is 0 Å². The minimum absolute atomic E-state index is 0.0344. The van der Waals surface area contributed by atoms with Gasteiger partial charge in [-0.3, -0.25) is 4.79 Å². The maximum atomic E-state index is 12.7. The fraction of sp³-hybridized carbons (Fsp3) is 0.350. The van der Waals surface area contributed by atoms with E-state index < -0.39 is 10.0 Å². The zero-order valence-electron chi connectivity index (χ0n) is 15.2. The largest absolute Gasteiger partial charge is 0.312 e. The number of hydrogen-bond donors (Lipinski definition) is 0. The molecule has 1 amide bonds. The highest BCUT2D eigenvalue weighted by Crippen LogP contribution is 2.28. The van der Waals surface area contributed by atoms with E-state index in [1.54, 1.807) is 4.90 Å². The molecule has 0 atom stereocenters. The molecule has 1 aliphatic heterocycles. The van der Waals surface area contributed by atoms with E-state index in [1.165, 1.54) is 16.1 Å². The molecule has 26 heavy (non-hydrogen) atoms. The van der Waals surface area contributed by atoms with Crippen LogP contribution in [0, 0.1) is 6.92 Å². The lowest BCUT2D eigenvalue weighted by Gasteiger charge is -2.22. The van der Waals surface area contributed by atoms with Gasteiger partial charge in [-0.15, -0.1) is 0 Å². The number of carbonyl (C=O) groups is 1. The number of benzene rings is 2. The number of aryl methyl sites for hydroxylation is 1. The Morgan fingerprint density at radius 3 is 2.65 bits per heavy atom. The van der Waals surface area contributed by atoms with Crippen LogP contribution in [0.1, 0.15) is 23.1 Å². The first kappa shape index (κ1) is 18.6. The second kappa shape index (κ2) is 7.60. The highest BCUT2D eigenvalue weighted by Gasteiger charge is 2.25. The molecule has 6 heteroatoms. The Labute approximate surface area is 155 Å². The van der Waals surface area contributed by atoms with Gasteiger partial charge in [-0.05, 0) is 30.5 Å². The topological polar surface area (TPSA) is 57.7 Å². The van der Waals surface area contributed by atoms with Crippen molar-refractivity contribution in [3.63, 3.8) is 0 Å². The van der Waals surface area contributed by atoms with Crippen LogP contribution in [-0.2, 0) is 27.8 Å². The average molecular weight is 372 g/mol. The second-order valence-corrected chi connectivity index (χ2v) is 8.74. The molecular weight excluding hydrogens is 348 g/mol. The van der Waals surface area contributed by atoms with Crippen molar-refractivity contribution >= 4 is 21.6 Å². The normalized spacial score (nSPS) is 13.9. The lowest BCUT2D eigenvalue weighted by molar-refractivity contribution is -0.118. The van der Waals surface area contributed by atoms with Crippen LogP contribution in [0.4, 0.5) is 5.69 Å². The fourth-order valence-electron chi connectivity index (χ4n) is 3.33. The van der Waals surface area contributed by atoms with E-state index in [4.69, 9.17) is 0 Å². The van der Waals surface area contributed by atoms with E-state index in [0.29, 0.717) is 6.54 Å². The number of rotatable bonds is 6. The van der Waals surface area contributed by atoms with Gasteiger partial charge < -0.3 is 4.90 Å². The molecule has 1 heterocycles. The lowest BCUT2D eigenvalue weighted by Crippen LogP contribution is -2.36. The molecule has 3 rings (SSSR count). The third kappa shape index (κ3) is 4.31. The van der Waals surface area contributed by atoms with Gasteiger partial charge in [0.2, 0.25) is 15.9 Å². The first-order valence-electron chi connectivity index (χ1n) is 8.73. The van der Waals surface area contributed by atoms with Crippen LogP contribution >= 0.6 is 0 Å². The Hall–Kier alpha value is -2.18. The number of amides is 1. The summed E-state index contributed by atoms with van der Waals surface area (Å²) in [7, 11) is -3.39. The number of carbonyl (C=O) groups excluding carboxylic acids is 1. The molecule has 0 aromatic heterocycles. The van der Waals surface area contributed by atoms with Gasteiger partial charge >= 0.3 is 0 Å². The van der Waals surface area contributed by atoms with Crippen molar-refractivity contribution < 1.29 is 13.2 Å². The number of hydrogen-bond acceptors (Lipinski definition) is 3. The SMILES string of the molecule is Cc1cccc(CN(CCC(=O)N2CCc3ccccc32)S(C)(=O)=O)c1. The monoisotopic (exact) mass is 372 g/mol. The maximum absolute atomic E-state index is 12.7. The highest BCUT2D eigenvalue weighted by molar-refractivity contribution is 7.88. The zero-order chi connectivity index (χ0) is 18.7. The summed E-state index contributed by atoms with van der Waals surface area (Å²) in [5, 5.41) is 0. The highest BCUT2D eigenvalue weighted by atomic mass is 32.2. The molecule has 5 nitrogen and oxygen atoms in total. The average Bonchev–Trinajstić information content (AvgIpc) is 3.01. The first-order valence-corrected chi connectivity index (χ1v) is 10.6. The van der Waals surface area contributed by atoms with E-state index in [-0.39, 0.29) is 25.4 Å². The van der Waals surface area contributed by atoms with Gasteiger partial charge in [0.15, 0.2) is 0 Å². The summed E-state index contributed by atoms with van der Waals surface area (Å²) in [5.41, 5.74) is 4.12. The van der Waals surface area contributed by atoms with E-state index in [0.717, 1.165) is 23.2 Å². The summed E-state index contributed by atoms with van der Waals surface area (Å²) in [6.07, 6.45) is 2.21. The Balaban J connectivity index is 1.68. The predicted octanol–water partition coefficient (Wildman–Crippen LogP) is 2.74. The standard InChI is InChI=1S/C20H24N2O3S/c1-16-6-5-7-17(14-16)15-21(26(2,24)25)12-11-20(23)22-13-10-18-8-3-4-9-19(18)22/h3-9,14H,10-13,15H2,1-2H3. The van der Waals surface area contributed by atoms with Gasteiger partial charge in [0.05, 0.1) is 6.26 Å². The second-order valence-electron chi connectivity index (χ2n) is 6.76. The predicted molar refractivity (Wildman–Crippen MR) is 104 cm³/mol. The fourth-order valence-corrected chi connectivity index (χ4v) is 4.14. The minimum Gasteiger partial charge on any atom is -0.312 e. The summed E-state index contributed by atoms with van der Waals surface area (Å²) in [6.45, 7) is 3.10. The van der Waals surface area contributed by atoms with Gasteiger partial charge in [-0.25, -0.2) is 8.42 Å².